The lowest BCUT2D eigenvalue weighted by molar-refractivity contribution is -0.385. The summed E-state index contributed by atoms with van der Waals surface area (Å²) in [6.45, 7) is 0. The number of benzene rings is 2. The number of rotatable bonds is 4. The average molecular weight is 376 g/mol. The van der Waals surface area contributed by atoms with E-state index in [0.717, 1.165) is 16.7 Å². The van der Waals surface area contributed by atoms with Crippen LogP contribution < -0.4 is 11.0 Å². The summed E-state index contributed by atoms with van der Waals surface area (Å²) in [4.78, 5) is 39.7. The second-order valence-electron chi connectivity index (χ2n) is 5.76. The molecule has 0 atom stereocenters. The molecule has 138 valence electrons. The van der Waals surface area contributed by atoms with Gasteiger partial charge in [0.2, 0.25) is 0 Å². The number of carbonyl (C=O) groups is 1. The summed E-state index contributed by atoms with van der Waals surface area (Å²) in [7, 11) is 0. The summed E-state index contributed by atoms with van der Waals surface area (Å²) < 4.78 is 2.38. The Bertz CT molecular complexity index is 1260. The Morgan fingerprint density at radius 1 is 1.07 bits per heavy atom. The molecular weight excluding hydrogens is 364 g/mol. The number of fused-ring (bicyclic) bond motifs is 1. The molecule has 4 rings (SSSR count). The molecule has 2 aromatic heterocycles. The van der Waals surface area contributed by atoms with Crippen molar-refractivity contribution < 1.29 is 9.72 Å². The minimum atomic E-state index is -0.800. The van der Waals surface area contributed by atoms with E-state index in [1.54, 1.807) is 0 Å². The van der Waals surface area contributed by atoms with Crippen LogP contribution in [0.4, 0.5) is 5.69 Å². The molecule has 4 aromatic rings. The zero-order chi connectivity index (χ0) is 19.7. The molecule has 0 radical (unpaired) electrons. The van der Waals surface area contributed by atoms with E-state index in [1.165, 1.54) is 35.1 Å². The lowest BCUT2D eigenvalue weighted by atomic mass is 10.2. The predicted molar refractivity (Wildman–Crippen MR) is 99.9 cm³/mol. The molecule has 28 heavy (non-hydrogen) atoms. The van der Waals surface area contributed by atoms with Gasteiger partial charge in [-0.15, -0.1) is 0 Å². The van der Waals surface area contributed by atoms with Crippen molar-refractivity contribution in [3.05, 3.63) is 93.2 Å². The summed E-state index contributed by atoms with van der Waals surface area (Å²) in [5.41, 5.74) is 2.29. The molecule has 0 aliphatic heterocycles. The smallest absolute Gasteiger partial charge is 0.267 e. The van der Waals surface area contributed by atoms with Crippen LogP contribution in [-0.2, 0) is 0 Å². The molecule has 0 saturated heterocycles. The van der Waals surface area contributed by atoms with Gasteiger partial charge in [-0.2, -0.15) is 5.10 Å². The molecular formula is C18H12N6O4. The molecule has 0 saturated carbocycles. The van der Waals surface area contributed by atoms with Crippen LogP contribution in [0.15, 0.2) is 71.9 Å². The van der Waals surface area contributed by atoms with Gasteiger partial charge < -0.3 is 0 Å². The highest BCUT2D eigenvalue weighted by Gasteiger charge is 2.20. The molecule has 2 aromatic carbocycles. The van der Waals surface area contributed by atoms with Crippen LogP contribution in [0.3, 0.4) is 0 Å². The van der Waals surface area contributed by atoms with Crippen molar-refractivity contribution in [2.75, 3.05) is 5.43 Å². The van der Waals surface area contributed by atoms with Gasteiger partial charge >= 0.3 is 0 Å². The molecule has 0 aliphatic carbocycles. The van der Waals surface area contributed by atoms with Crippen molar-refractivity contribution in [2.24, 2.45) is 0 Å². The van der Waals surface area contributed by atoms with Gasteiger partial charge in [0, 0.05) is 6.07 Å². The van der Waals surface area contributed by atoms with E-state index in [9.17, 15) is 19.7 Å². The van der Waals surface area contributed by atoms with Crippen molar-refractivity contribution >= 4 is 22.6 Å². The van der Waals surface area contributed by atoms with Crippen molar-refractivity contribution in [3.63, 3.8) is 0 Å². The van der Waals surface area contributed by atoms with E-state index < -0.39 is 16.4 Å². The molecule has 10 nitrogen and oxygen atoms in total. The maximum atomic E-state index is 12.7. The number of amides is 1. The molecule has 1 amide bonds. The molecule has 0 bridgehead atoms. The minimum Gasteiger partial charge on any atom is -0.267 e. The largest absolute Gasteiger partial charge is 0.283 e. The first-order valence-corrected chi connectivity index (χ1v) is 8.12. The van der Waals surface area contributed by atoms with Gasteiger partial charge in [0.1, 0.15) is 17.3 Å². The van der Waals surface area contributed by atoms with Gasteiger partial charge in [0.25, 0.3) is 17.2 Å². The third-order valence-electron chi connectivity index (χ3n) is 4.06. The lowest BCUT2D eigenvalue weighted by Gasteiger charge is -2.08. The minimum absolute atomic E-state index is 0.167. The molecule has 2 heterocycles. The topological polar surface area (TPSA) is 125 Å². The highest BCUT2D eigenvalue weighted by atomic mass is 16.6. The second-order valence-corrected chi connectivity index (χ2v) is 5.76. The third kappa shape index (κ3) is 2.88. The normalized spacial score (nSPS) is 10.7. The first-order chi connectivity index (χ1) is 13.6. The fraction of sp³-hybridized carbons (Fsp3) is 0. The highest BCUT2D eigenvalue weighted by molar-refractivity contribution is 6.03. The van der Waals surface area contributed by atoms with Crippen LogP contribution in [-0.4, -0.2) is 30.3 Å². The predicted octanol–water partition coefficient (Wildman–Crippen LogP) is 1.87. The van der Waals surface area contributed by atoms with E-state index in [1.807, 2.05) is 30.3 Å². The zero-order valence-corrected chi connectivity index (χ0v) is 14.2. The van der Waals surface area contributed by atoms with Gasteiger partial charge in [-0.1, -0.05) is 30.3 Å². The van der Waals surface area contributed by atoms with E-state index in [0.29, 0.717) is 5.65 Å². The first-order valence-electron chi connectivity index (χ1n) is 8.12. The quantitative estimate of drug-likeness (QED) is 0.428. The third-order valence-corrected chi connectivity index (χ3v) is 4.06. The van der Waals surface area contributed by atoms with Gasteiger partial charge in [0.05, 0.1) is 16.8 Å². The van der Waals surface area contributed by atoms with E-state index in [2.05, 4.69) is 15.5 Å². The van der Waals surface area contributed by atoms with Crippen molar-refractivity contribution in [1.82, 2.24) is 19.4 Å². The second kappa shape index (κ2) is 6.76. The number of nitro benzene ring substituents is 1. The summed E-state index contributed by atoms with van der Waals surface area (Å²) >= 11 is 0. The van der Waals surface area contributed by atoms with Crippen molar-refractivity contribution in [3.8, 4) is 5.69 Å². The van der Waals surface area contributed by atoms with Gasteiger partial charge in [0.15, 0.2) is 5.65 Å². The number of hydrogen-bond acceptors (Lipinski definition) is 6. The number of aromatic nitrogens is 4. The Hall–Kier alpha value is -4.34. The standard InChI is InChI=1S/C18H12N6O4/c25-17(13-8-4-5-9-15(13)24(27)28)21-22-11-19-16-14(18(22)26)10-20-23(16)12-6-2-1-3-7-12/h1-11H,(H,21,25). The maximum Gasteiger partial charge on any atom is 0.283 e. The lowest BCUT2D eigenvalue weighted by Crippen LogP contribution is -2.33. The summed E-state index contributed by atoms with van der Waals surface area (Å²) in [6.07, 6.45) is 2.49. The van der Waals surface area contributed by atoms with Crippen LogP contribution in [0.25, 0.3) is 16.7 Å². The van der Waals surface area contributed by atoms with Crippen molar-refractivity contribution in [2.45, 2.75) is 0 Å². The summed E-state index contributed by atoms with van der Waals surface area (Å²) in [5.74, 6) is -0.800. The molecule has 0 aliphatic rings. The summed E-state index contributed by atoms with van der Waals surface area (Å²) in [6, 6.07) is 14.6. The monoisotopic (exact) mass is 376 g/mol. The number of nitrogens with zero attached hydrogens (tertiary/aromatic N) is 5. The van der Waals surface area contributed by atoms with Crippen LogP contribution >= 0.6 is 0 Å². The fourth-order valence-electron chi connectivity index (χ4n) is 2.74. The molecule has 0 spiro atoms. The van der Waals surface area contributed by atoms with Gasteiger partial charge in [-0.3, -0.25) is 25.1 Å². The van der Waals surface area contributed by atoms with Crippen LogP contribution in [0, 0.1) is 10.1 Å². The number of nitrogens with one attached hydrogen (secondary N) is 1. The highest BCUT2D eigenvalue weighted by Crippen LogP contribution is 2.17. The Balaban J connectivity index is 1.72. The number of hydrogen-bond donors (Lipinski definition) is 1. The van der Waals surface area contributed by atoms with Gasteiger partial charge in [-0.05, 0) is 18.2 Å². The fourth-order valence-corrected chi connectivity index (χ4v) is 2.74. The first kappa shape index (κ1) is 17.1. The Morgan fingerprint density at radius 2 is 1.79 bits per heavy atom. The molecule has 0 fully saturated rings. The molecule has 0 unspecified atom stereocenters. The molecule has 1 N–H and O–H groups in total. The van der Waals surface area contributed by atoms with Crippen LogP contribution in [0.2, 0.25) is 0 Å². The van der Waals surface area contributed by atoms with Gasteiger partial charge in [-0.25, -0.2) is 14.3 Å². The number of nitro groups is 1. The van der Waals surface area contributed by atoms with E-state index in [-0.39, 0.29) is 16.6 Å². The van der Waals surface area contributed by atoms with E-state index in [4.69, 9.17) is 0 Å². The summed E-state index contributed by atoms with van der Waals surface area (Å²) in [5, 5.41) is 15.5. The van der Waals surface area contributed by atoms with Crippen LogP contribution in [0.1, 0.15) is 10.4 Å². The van der Waals surface area contributed by atoms with E-state index >= 15 is 0 Å². The number of carbonyl (C=O) groups excluding carboxylic acids is 1. The van der Waals surface area contributed by atoms with Crippen LogP contribution in [0.5, 0.6) is 0 Å². The molecule has 10 heteroatoms. The average Bonchev–Trinajstić information content (AvgIpc) is 3.15. The SMILES string of the molecule is O=C(Nn1cnc2c(cnn2-c2ccccc2)c1=O)c1ccccc1[N+](=O)[O-]. The number of para-hydroxylation sites is 2. The Morgan fingerprint density at radius 3 is 2.54 bits per heavy atom. The zero-order valence-electron chi connectivity index (χ0n) is 14.2. The Kier molecular flexibility index (Phi) is 4.13. The Labute approximate surface area is 156 Å². The van der Waals surface area contributed by atoms with Crippen molar-refractivity contribution in [1.29, 1.82) is 0 Å². The maximum absolute atomic E-state index is 12.7.